The first-order chi connectivity index (χ1) is 11.6. The second-order valence-electron chi connectivity index (χ2n) is 6.80. The molecular weight excluding hydrogens is 320 g/mol. The van der Waals surface area contributed by atoms with Crippen LogP contribution in [-0.2, 0) is 9.59 Å². The SMILES string of the molecule is C[C@@H]1CN(C(=O)CCC(=O)NC2CCCCC2)c2ccccc2S1. The van der Waals surface area contributed by atoms with Crippen molar-refractivity contribution in [1.29, 1.82) is 0 Å². The molecule has 4 nitrogen and oxygen atoms in total. The number of nitrogens with zero attached hydrogens (tertiary/aromatic N) is 1. The molecule has 1 aliphatic carbocycles. The molecule has 0 spiro atoms. The molecule has 0 aromatic heterocycles. The first-order valence-electron chi connectivity index (χ1n) is 8.99. The highest BCUT2D eigenvalue weighted by Crippen LogP contribution is 2.38. The van der Waals surface area contributed by atoms with Gasteiger partial charge in [0.05, 0.1) is 5.69 Å². The number of fused-ring (bicyclic) bond motifs is 1. The van der Waals surface area contributed by atoms with Crippen LogP contribution in [0.3, 0.4) is 0 Å². The van der Waals surface area contributed by atoms with Crippen LogP contribution in [0.15, 0.2) is 29.2 Å². The maximum Gasteiger partial charge on any atom is 0.227 e. The number of hydrogen-bond donors (Lipinski definition) is 1. The number of benzene rings is 1. The van der Waals surface area contributed by atoms with Crippen molar-refractivity contribution in [2.45, 2.75) is 68.1 Å². The van der Waals surface area contributed by atoms with Gasteiger partial charge >= 0.3 is 0 Å². The maximum absolute atomic E-state index is 12.6. The molecule has 130 valence electrons. The summed E-state index contributed by atoms with van der Waals surface area (Å²) in [4.78, 5) is 27.8. The predicted octanol–water partition coefficient (Wildman–Crippen LogP) is 3.74. The van der Waals surface area contributed by atoms with E-state index in [4.69, 9.17) is 0 Å². The fourth-order valence-electron chi connectivity index (χ4n) is 3.53. The molecule has 5 heteroatoms. The smallest absolute Gasteiger partial charge is 0.227 e. The van der Waals surface area contributed by atoms with Crippen molar-refractivity contribution < 1.29 is 9.59 Å². The van der Waals surface area contributed by atoms with Crippen LogP contribution in [0.5, 0.6) is 0 Å². The fraction of sp³-hybridized carbons (Fsp3) is 0.579. The summed E-state index contributed by atoms with van der Waals surface area (Å²) in [5.74, 6) is 0.0661. The van der Waals surface area contributed by atoms with Gasteiger partial charge < -0.3 is 10.2 Å². The van der Waals surface area contributed by atoms with E-state index in [1.54, 1.807) is 0 Å². The number of carbonyl (C=O) groups is 2. The molecule has 3 rings (SSSR count). The Balaban J connectivity index is 1.54. The van der Waals surface area contributed by atoms with Crippen LogP contribution >= 0.6 is 11.8 Å². The van der Waals surface area contributed by atoms with Crippen molar-refractivity contribution in [2.24, 2.45) is 0 Å². The van der Waals surface area contributed by atoms with E-state index in [0.717, 1.165) is 23.4 Å². The Hall–Kier alpha value is -1.49. The number of hydrogen-bond acceptors (Lipinski definition) is 3. The molecule has 1 fully saturated rings. The number of thioether (sulfide) groups is 1. The minimum atomic E-state index is 0.0166. The Morgan fingerprint density at radius 1 is 1.17 bits per heavy atom. The zero-order valence-electron chi connectivity index (χ0n) is 14.3. The average Bonchev–Trinajstić information content (AvgIpc) is 2.59. The topological polar surface area (TPSA) is 49.4 Å². The van der Waals surface area contributed by atoms with Gasteiger partial charge in [-0.05, 0) is 25.0 Å². The normalized spacial score (nSPS) is 21.2. The van der Waals surface area contributed by atoms with Gasteiger partial charge in [0.15, 0.2) is 0 Å². The summed E-state index contributed by atoms with van der Waals surface area (Å²) in [6, 6.07) is 8.34. The summed E-state index contributed by atoms with van der Waals surface area (Å²) in [5, 5.41) is 3.47. The van der Waals surface area contributed by atoms with Crippen LogP contribution in [0, 0.1) is 0 Å². The van der Waals surface area contributed by atoms with Crippen molar-refractivity contribution in [3.8, 4) is 0 Å². The molecule has 1 N–H and O–H groups in total. The molecule has 2 aliphatic rings. The molecular formula is C19H26N2O2S. The van der Waals surface area contributed by atoms with Gasteiger partial charge in [-0.15, -0.1) is 11.8 Å². The van der Waals surface area contributed by atoms with E-state index in [1.807, 2.05) is 34.9 Å². The highest BCUT2D eigenvalue weighted by Gasteiger charge is 2.27. The van der Waals surface area contributed by atoms with Crippen LogP contribution in [0.25, 0.3) is 0 Å². The quantitative estimate of drug-likeness (QED) is 0.903. The maximum atomic E-state index is 12.6. The number of carbonyl (C=O) groups excluding carboxylic acids is 2. The van der Waals surface area contributed by atoms with E-state index in [2.05, 4.69) is 18.3 Å². The van der Waals surface area contributed by atoms with Gasteiger partial charge in [0, 0.05) is 35.6 Å². The minimum Gasteiger partial charge on any atom is -0.353 e. The van der Waals surface area contributed by atoms with E-state index in [1.165, 1.54) is 19.3 Å². The Morgan fingerprint density at radius 3 is 2.71 bits per heavy atom. The number of amides is 2. The van der Waals surface area contributed by atoms with Gasteiger partial charge in [0.1, 0.15) is 0 Å². The van der Waals surface area contributed by atoms with Gasteiger partial charge in [-0.2, -0.15) is 0 Å². The molecule has 0 unspecified atom stereocenters. The molecule has 0 saturated heterocycles. The molecule has 1 aliphatic heterocycles. The number of para-hydroxylation sites is 1. The highest BCUT2D eigenvalue weighted by atomic mass is 32.2. The Morgan fingerprint density at radius 2 is 1.92 bits per heavy atom. The second-order valence-corrected chi connectivity index (χ2v) is 8.28. The lowest BCUT2D eigenvalue weighted by molar-refractivity contribution is -0.125. The average molecular weight is 346 g/mol. The number of rotatable bonds is 4. The van der Waals surface area contributed by atoms with Crippen molar-refractivity contribution >= 4 is 29.3 Å². The first-order valence-corrected chi connectivity index (χ1v) is 9.87. The Labute approximate surface area is 148 Å². The monoisotopic (exact) mass is 346 g/mol. The van der Waals surface area contributed by atoms with Crippen molar-refractivity contribution in [3.63, 3.8) is 0 Å². The zero-order valence-corrected chi connectivity index (χ0v) is 15.1. The summed E-state index contributed by atoms with van der Waals surface area (Å²) in [6.07, 6.45) is 6.39. The lowest BCUT2D eigenvalue weighted by Gasteiger charge is -2.32. The van der Waals surface area contributed by atoms with Gasteiger partial charge in [-0.3, -0.25) is 9.59 Å². The summed E-state index contributed by atoms with van der Waals surface area (Å²) < 4.78 is 0. The lowest BCUT2D eigenvalue weighted by atomic mass is 9.95. The summed E-state index contributed by atoms with van der Waals surface area (Å²) in [6.45, 7) is 2.85. The van der Waals surface area contributed by atoms with Crippen LogP contribution in [0.2, 0.25) is 0 Å². The van der Waals surface area contributed by atoms with E-state index in [-0.39, 0.29) is 24.7 Å². The van der Waals surface area contributed by atoms with E-state index < -0.39 is 0 Å². The third-order valence-corrected chi connectivity index (χ3v) is 5.91. The van der Waals surface area contributed by atoms with Crippen molar-refractivity contribution in [2.75, 3.05) is 11.4 Å². The molecule has 0 bridgehead atoms. The molecule has 24 heavy (non-hydrogen) atoms. The molecule has 1 aromatic carbocycles. The predicted molar refractivity (Wildman–Crippen MR) is 98.4 cm³/mol. The molecule has 1 heterocycles. The Bertz CT molecular complexity index is 599. The lowest BCUT2D eigenvalue weighted by Crippen LogP contribution is -2.40. The molecule has 0 radical (unpaired) electrons. The minimum absolute atomic E-state index is 0.0166. The summed E-state index contributed by atoms with van der Waals surface area (Å²) in [5.41, 5.74) is 0.985. The number of anilines is 1. The Kier molecular flexibility index (Phi) is 5.82. The highest BCUT2D eigenvalue weighted by molar-refractivity contribution is 8.00. The third kappa shape index (κ3) is 4.32. The van der Waals surface area contributed by atoms with Crippen LogP contribution < -0.4 is 10.2 Å². The van der Waals surface area contributed by atoms with Crippen molar-refractivity contribution in [3.05, 3.63) is 24.3 Å². The van der Waals surface area contributed by atoms with Gasteiger partial charge in [-0.25, -0.2) is 0 Å². The standard InChI is InChI=1S/C19H26N2O2S/c1-14-13-21(16-9-5-6-10-17(16)24-14)19(23)12-11-18(22)20-15-7-3-2-4-8-15/h5-6,9-10,14-15H,2-4,7-8,11-13H2,1H3,(H,20,22)/t14-/m1/s1. The van der Waals surface area contributed by atoms with E-state index >= 15 is 0 Å². The van der Waals surface area contributed by atoms with E-state index in [9.17, 15) is 9.59 Å². The molecule has 1 saturated carbocycles. The number of nitrogens with one attached hydrogen (secondary N) is 1. The van der Waals surface area contributed by atoms with Gasteiger partial charge in [0.2, 0.25) is 11.8 Å². The molecule has 1 aromatic rings. The molecule has 1 atom stereocenters. The largest absolute Gasteiger partial charge is 0.353 e. The van der Waals surface area contributed by atoms with E-state index in [0.29, 0.717) is 17.8 Å². The zero-order chi connectivity index (χ0) is 16.9. The van der Waals surface area contributed by atoms with Gasteiger partial charge in [-0.1, -0.05) is 38.3 Å². The van der Waals surface area contributed by atoms with Crippen LogP contribution in [0.4, 0.5) is 5.69 Å². The van der Waals surface area contributed by atoms with Gasteiger partial charge in [0.25, 0.3) is 0 Å². The summed E-state index contributed by atoms with van der Waals surface area (Å²) in [7, 11) is 0. The fourth-order valence-corrected chi connectivity index (χ4v) is 4.64. The summed E-state index contributed by atoms with van der Waals surface area (Å²) >= 11 is 1.81. The van der Waals surface area contributed by atoms with Crippen molar-refractivity contribution in [1.82, 2.24) is 5.32 Å². The van der Waals surface area contributed by atoms with Crippen LogP contribution in [0.1, 0.15) is 51.9 Å². The second kappa shape index (κ2) is 8.06. The third-order valence-electron chi connectivity index (χ3n) is 4.76. The molecule has 2 amide bonds. The first kappa shape index (κ1) is 17.3. The van der Waals surface area contributed by atoms with Crippen LogP contribution in [-0.4, -0.2) is 29.7 Å².